The van der Waals surface area contributed by atoms with E-state index in [9.17, 15) is 0 Å². The molecule has 0 atom stereocenters. The third-order valence-corrected chi connectivity index (χ3v) is 11.2. The zero-order valence-corrected chi connectivity index (χ0v) is 32.6. The molecule has 0 radical (unpaired) electrons. The first-order valence-corrected chi connectivity index (χ1v) is 20.2. The van der Waals surface area contributed by atoms with E-state index in [0.29, 0.717) is 11.4 Å². The van der Waals surface area contributed by atoms with Gasteiger partial charge in [-0.05, 0) is 105 Å². The summed E-state index contributed by atoms with van der Waals surface area (Å²) in [5.74, 6) is 0. The van der Waals surface area contributed by atoms with Crippen LogP contribution in [-0.4, -0.2) is 21.4 Å². The molecule has 0 fully saturated rings. The number of rotatable bonds is 6. The fraction of sp³-hybridized carbons (Fsp3) is 0. The monoisotopic (exact) mass is 764 g/mol. The molecule has 0 aliphatic carbocycles. The van der Waals surface area contributed by atoms with Crippen LogP contribution >= 0.6 is 0 Å². The largest absolute Gasteiger partial charge is 0.244 e. The normalized spacial score (nSPS) is 12.2. The number of aromatic nitrogens is 2. The van der Waals surface area contributed by atoms with Crippen LogP contribution in [0.15, 0.2) is 228 Å². The second kappa shape index (κ2) is 15.0. The minimum atomic E-state index is 0.705. The zero-order chi connectivity index (χ0) is 39.8. The van der Waals surface area contributed by atoms with Crippen molar-refractivity contribution < 1.29 is 0 Å². The number of aliphatic imine (C=N–C) groups is 2. The average Bonchev–Trinajstić information content (AvgIpc) is 3.32. The van der Waals surface area contributed by atoms with Gasteiger partial charge >= 0.3 is 0 Å². The highest BCUT2D eigenvalue weighted by molar-refractivity contribution is 6.23. The van der Waals surface area contributed by atoms with Crippen LogP contribution in [0.5, 0.6) is 0 Å². The van der Waals surface area contributed by atoms with Gasteiger partial charge in [0.1, 0.15) is 11.4 Å². The van der Waals surface area contributed by atoms with Crippen molar-refractivity contribution in [2.45, 2.75) is 0 Å². The molecule has 1 aliphatic heterocycles. The number of para-hydroxylation sites is 2. The van der Waals surface area contributed by atoms with Crippen molar-refractivity contribution in [2.24, 2.45) is 9.98 Å². The Morgan fingerprint density at radius 2 is 0.517 bits per heavy atom. The van der Waals surface area contributed by atoms with Crippen LogP contribution in [0.3, 0.4) is 0 Å². The summed E-state index contributed by atoms with van der Waals surface area (Å²) in [5.41, 5.74) is 16.8. The molecule has 0 amide bonds. The first-order valence-electron chi connectivity index (χ1n) is 20.2. The molecule has 0 N–H and O–H groups in total. The maximum absolute atomic E-state index is 5.68. The van der Waals surface area contributed by atoms with Gasteiger partial charge in [0.05, 0.1) is 33.8 Å². The second-order valence-corrected chi connectivity index (χ2v) is 15.1. The molecule has 2 aromatic heterocycles. The Morgan fingerprint density at radius 3 is 0.850 bits per heavy atom. The molecule has 0 saturated carbocycles. The summed E-state index contributed by atoms with van der Waals surface area (Å²) in [6.07, 6.45) is 0. The maximum Gasteiger partial charge on any atom is 0.116 e. The predicted molar refractivity (Wildman–Crippen MR) is 249 cm³/mol. The number of nitrogens with zero attached hydrogens (tertiary/aromatic N) is 4. The number of hydrogen-bond donors (Lipinski definition) is 0. The van der Waals surface area contributed by atoms with E-state index in [1.165, 1.54) is 0 Å². The Morgan fingerprint density at radius 1 is 0.233 bits per heavy atom. The zero-order valence-electron chi connectivity index (χ0n) is 32.6. The second-order valence-electron chi connectivity index (χ2n) is 15.1. The standard InChI is InChI=1S/C56H36N4/c1-5-17-37(18-6-1)43-29-44(38-19-7-2-8-20-38)32-47(31-43)53-55-51(35-41-25-13-15-27-49(41)57-55)60-54(56-52(59-53)36-42-26-14-16-28-50(42)58-56)48-33-45(39-21-9-3-10-22-39)30-46(34-48)40-23-11-4-12-24-40/h1-36H. The molecule has 4 heteroatoms. The minimum absolute atomic E-state index is 0.705. The SMILES string of the molecule is c1ccc(-c2cc(C3=Nc4cc5ccccc5nc4C(c4cc(-c5ccccc5)cc(-c5ccccc5)c4)=Nc4cc5ccccc5nc43)cc(-c3ccccc3)c2)cc1. The van der Waals surface area contributed by atoms with Gasteiger partial charge in [0.15, 0.2) is 0 Å². The summed E-state index contributed by atoms with van der Waals surface area (Å²) in [4.78, 5) is 22.2. The van der Waals surface area contributed by atoms with E-state index in [0.717, 1.165) is 100 Å². The minimum Gasteiger partial charge on any atom is -0.244 e. The molecule has 60 heavy (non-hydrogen) atoms. The molecule has 4 nitrogen and oxygen atoms in total. The van der Waals surface area contributed by atoms with E-state index in [1.807, 2.05) is 24.3 Å². The van der Waals surface area contributed by atoms with E-state index in [2.05, 4.69) is 194 Å². The first-order chi connectivity index (χ1) is 29.7. The predicted octanol–water partition coefficient (Wildman–Crippen LogP) is 14.1. The van der Waals surface area contributed by atoms with Gasteiger partial charge in [0.2, 0.25) is 0 Å². The highest BCUT2D eigenvalue weighted by Gasteiger charge is 2.25. The lowest BCUT2D eigenvalue weighted by Gasteiger charge is -2.20. The van der Waals surface area contributed by atoms with Crippen LogP contribution in [0, 0.1) is 0 Å². The fourth-order valence-electron chi connectivity index (χ4n) is 8.20. The molecule has 280 valence electrons. The molecule has 11 rings (SSSR count). The number of hydrogen-bond acceptors (Lipinski definition) is 4. The topological polar surface area (TPSA) is 50.5 Å². The van der Waals surface area contributed by atoms with Crippen molar-refractivity contribution in [3.63, 3.8) is 0 Å². The first kappa shape index (κ1) is 35.1. The van der Waals surface area contributed by atoms with Crippen LogP contribution in [-0.2, 0) is 0 Å². The number of benzene rings is 8. The molecule has 1 aliphatic rings. The van der Waals surface area contributed by atoms with Gasteiger partial charge in [0, 0.05) is 21.9 Å². The summed E-state index contributed by atoms with van der Waals surface area (Å²) >= 11 is 0. The lowest BCUT2D eigenvalue weighted by molar-refractivity contribution is 1.27. The number of pyridine rings is 2. The maximum atomic E-state index is 5.68. The van der Waals surface area contributed by atoms with Crippen molar-refractivity contribution >= 4 is 44.6 Å². The quantitative estimate of drug-likeness (QED) is 0.169. The van der Waals surface area contributed by atoms with E-state index >= 15 is 0 Å². The fourth-order valence-corrected chi connectivity index (χ4v) is 8.20. The molecule has 10 aromatic rings. The third-order valence-electron chi connectivity index (χ3n) is 11.2. The Balaban J connectivity index is 1.23. The van der Waals surface area contributed by atoms with Gasteiger partial charge in [-0.3, -0.25) is 0 Å². The van der Waals surface area contributed by atoms with E-state index < -0.39 is 0 Å². The van der Waals surface area contributed by atoms with Crippen LogP contribution in [0.4, 0.5) is 11.4 Å². The van der Waals surface area contributed by atoms with Crippen molar-refractivity contribution in [3.8, 4) is 44.5 Å². The molecule has 0 bridgehead atoms. The van der Waals surface area contributed by atoms with Gasteiger partial charge in [-0.2, -0.15) is 0 Å². The summed E-state index contributed by atoms with van der Waals surface area (Å²) in [6.45, 7) is 0. The average molecular weight is 765 g/mol. The smallest absolute Gasteiger partial charge is 0.116 e. The molecular weight excluding hydrogens is 729 g/mol. The van der Waals surface area contributed by atoms with Gasteiger partial charge in [-0.15, -0.1) is 0 Å². The van der Waals surface area contributed by atoms with Gasteiger partial charge in [-0.1, -0.05) is 158 Å². The Bertz CT molecular complexity index is 2940. The van der Waals surface area contributed by atoms with E-state index in [1.54, 1.807) is 0 Å². The molecule has 0 unspecified atom stereocenters. The highest BCUT2D eigenvalue weighted by Crippen LogP contribution is 2.39. The van der Waals surface area contributed by atoms with Crippen LogP contribution < -0.4 is 0 Å². The van der Waals surface area contributed by atoms with Gasteiger partial charge in [0.25, 0.3) is 0 Å². The molecular formula is C56H36N4. The Hall–Kier alpha value is -8.08. The van der Waals surface area contributed by atoms with Crippen molar-refractivity contribution in [1.82, 2.24) is 9.97 Å². The van der Waals surface area contributed by atoms with Gasteiger partial charge < -0.3 is 0 Å². The summed E-state index contributed by atoms with van der Waals surface area (Å²) in [7, 11) is 0. The van der Waals surface area contributed by atoms with Crippen molar-refractivity contribution in [3.05, 3.63) is 241 Å². The van der Waals surface area contributed by atoms with E-state index in [4.69, 9.17) is 20.0 Å². The van der Waals surface area contributed by atoms with Crippen LogP contribution in [0.2, 0.25) is 0 Å². The molecule has 8 aromatic carbocycles. The summed E-state index contributed by atoms with van der Waals surface area (Å²) in [5, 5.41) is 1.99. The molecule has 0 saturated heterocycles. The van der Waals surface area contributed by atoms with Gasteiger partial charge in [-0.25, -0.2) is 20.0 Å². The lowest BCUT2D eigenvalue weighted by atomic mass is 9.91. The van der Waals surface area contributed by atoms with Crippen LogP contribution in [0.25, 0.3) is 66.3 Å². The lowest BCUT2D eigenvalue weighted by Crippen LogP contribution is -2.14. The van der Waals surface area contributed by atoms with Crippen LogP contribution in [0.1, 0.15) is 22.5 Å². The third kappa shape index (κ3) is 6.66. The Labute approximate surface area is 348 Å². The highest BCUT2D eigenvalue weighted by atomic mass is 14.9. The van der Waals surface area contributed by atoms with Crippen molar-refractivity contribution in [1.29, 1.82) is 0 Å². The van der Waals surface area contributed by atoms with Crippen molar-refractivity contribution in [2.75, 3.05) is 0 Å². The summed E-state index contributed by atoms with van der Waals surface area (Å²) < 4.78 is 0. The molecule has 0 spiro atoms. The van der Waals surface area contributed by atoms with E-state index in [-0.39, 0.29) is 0 Å². The summed E-state index contributed by atoms with van der Waals surface area (Å²) in [6, 6.07) is 76.4. The molecule has 3 heterocycles. The Kier molecular flexibility index (Phi) is 8.79. The number of fused-ring (bicyclic) bond motifs is 4.